The summed E-state index contributed by atoms with van der Waals surface area (Å²) in [6.45, 7) is 2.71. The van der Waals surface area contributed by atoms with Gasteiger partial charge < -0.3 is 9.47 Å². The Morgan fingerprint density at radius 3 is 1.93 bits per heavy atom. The Hall–Kier alpha value is -1.55. The minimum Gasteiger partial charge on any atom is -0.466 e. The molecule has 0 aliphatic rings. The molecule has 0 radical (unpaired) electrons. The number of halogens is 1. The van der Waals surface area contributed by atoms with Gasteiger partial charge in [-0.25, -0.2) is 4.79 Å². The molecule has 0 atom stereocenters. The van der Waals surface area contributed by atoms with Gasteiger partial charge in [-0.15, -0.1) is 0 Å². The highest BCUT2D eigenvalue weighted by molar-refractivity contribution is 6.30. The number of unbranched alkanes of at least 4 members (excludes halogenated alkanes) is 9. The van der Waals surface area contributed by atoms with E-state index in [2.05, 4.69) is 6.92 Å². The number of hydrogen-bond donors (Lipinski definition) is 0. The molecule has 1 aromatic rings. The fourth-order valence-electron chi connectivity index (χ4n) is 2.74. The zero-order chi connectivity index (χ0) is 19.7. The van der Waals surface area contributed by atoms with E-state index >= 15 is 0 Å². The average molecular weight is 397 g/mol. The Balaban J connectivity index is 1.92. The average Bonchev–Trinajstić information content (AvgIpc) is 2.66. The van der Waals surface area contributed by atoms with E-state index < -0.39 is 5.97 Å². The monoisotopic (exact) mass is 396 g/mol. The quantitative estimate of drug-likeness (QED) is 0.256. The van der Waals surface area contributed by atoms with Crippen LogP contribution in [0.1, 0.15) is 87.9 Å². The molecule has 27 heavy (non-hydrogen) atoms. The van der Waals surface area contributed by atoms with E-state index in [0.717, 1.165) is 12.8 Å². The van der Waals surface area contributed by atoms with Gasteiger partial charge >= 0.3 is 11.9 Å². The summed E-state index contributed by atoms with van der Waals surface area (Å²) in [6, 6.07) is 6.43. The van der Waals surface area contributed by atoms with Crippen molar-refractivity contribution in [3.8, 4) is 0 Å². The van der Waals surface area contributed by atoms with Crippen LogP contribution in [0.2, 0.25) is 5.02 Å². The molecule has 0 fully saturated rings. The second-order valence-corrected chi connectivity index (χ2v) is 7.23. The number of benzene rings is 1. The van der Waals surface area contributed by atoms with Gasteiger partial charge in [0.15, 0.2) is 0 Å². The van der Waals surface area contributed by atoms with Crippen molar-refractivity contribution in [2.75, 3.05) is 13.2 Å². The van der Waals surface area contributed by atoms with Crippen molar-refractivity contribution < 1.29 is 19.1 Å². The standard InChI is InChI=1S/C22H33ClO4/c1-2-3-4-5-6-7-8-9-10-11-17-26-21(24)16-18-27-22(25)19-12-14-20(23)15-13-19/h12-15H,2-11,16-18H2,1H3. The molecule has 0 heterocycles. The van der Waals surface area contributed by atoms with Gasteiger partial charge in [0.05, 0.1) is 18.6 Å². The topological polar surface area (TPSA) is 52.6 Å². The molecule has 0 unspecified atom stereocenters. The second-order valence-electron chi connectivity index (χ2n) is 6.80. The van der Waals surface area contributed by atoms with Crippen molar-refractivity contribution in [1.82, 2.24) is 0 Å². The van der Waals surface area contributed by atoms with Crippen molar-refractivity contribution in [2.24, 2.45) is 0 Å². The molecular formula is C22H33ClO4. The molecule has 0 bridgehead atoms. The molecule has 0 amide bonds. The van der Waals surface area contributed by atoms with E-state index in [-0.39, 0.29) is 19.0 Å². The number of carbonyl (C=O) groups is 2. The van der Waals surface area contributed by atoms with E-state index in [9.17, 15) is 9.59 Å². The lowest BCUT2D eigenvalue weighted by atomic mass is 10.1. The van der Waals surface area contributed by atoms with Gasteiger partial charge in [0.25, 0.3) is 0 Å². The lowest BCUT2D eigenvalue weighted by molar-refractivity contribution is -0.144. The molecule has 152 valence electrons. The van der Waals surface area contributed by atoms with E-state index in [1.54, 1.807) is 24.3 Å². The molecule has 0 spiro atoms. The maximum absolute atomic E-state index is 11.8. The summed E-state index contributed by atoms with van der Waals surface area (Å²) in [7, 11) is 0. The van der Waals surface area contributed by atoms with Crippen molar-refractivity contribution in [3.63, 3.8) is 0 Å². The van der Waals surface area contributed by atoms with Crippen molar-refractivity contribution >= 4 is 23.5 Å². The summed E-state index contributed by atoms with van der Waals surface area (Å²) in [5.41, 5.74) is 0.415. The Kier molecular flexibility index (Phi) is 13.5. The van der Waals surface area contributed by atoms with Gasteiger partial charge in [-0.2, -0.15) is 0 Å². The lowest BCUT2D eigenvalue weighted by Gasteiger charge is -2.06. The van der Waals surface area contributed by atoms with Crippen LogP contribution >= 0.6 is 11.6 Å². The molecule has 5 heteroatoms. The maximum Gasteiger partial charge on any atom is 0.338 e. The van der Waals surface area contributed by atoms with Gasteiger partial charge in [0.2, 0.25) is 0 Å². The SMILES string of the molecule is CCCCCCCCCCCCOC(=O)CCOC(=O)c1ccc(Cl)cc1. The first-order valence-corrected chi connectivity index (χ1v) is 10.6. The van der Waals surface area contributed by atoms with Crippen molar-refractivity contribution in [3.05, 3.63) is 34.9 Å². The number of esters is 2. The van der Waals surface area contributed by atoms with E-state index in [1.165, 1.54) is 51.4 Å². The highest BCUT2D eigenvalue weighted by atomic mass is 35.5. The summed E-state index contributed by atoms with van der Waals surface area (Å²) in [4.78, 5) is 23.4. The molecule has 0 aromatic heterocycles. The number of rotatable bonds is 15. The van der Waals surface area contributed by atoms with Gasteiger partial charge in [0, 0.05) is 5.02 Å². The molecule has 4 nitrogen and oxygen atoms in total. The van der Waals surface area contributed by atoms with Gasteiger partial charge in [-0.1, -0.05) is 76.3 Å². The van der Waals surface area contributed by atoms with Crippen LogP contribution in [0.5, 0.6) is 0 Å². The van der Waals surface area contributed by atoms with Crippen LogP contribution in [0.15, 0.2) is 24.3 Å². The van der Waals surface area contributed by atoms with Crippen molar-refractivity contribution in [1.29, 1.82) is 0 Å². The predicted molar refractivity (Wildman–Crippen MR) is 109 cm³/mol. The highest BCUT2D eigenvalue weighted by Gasteiger charge is 2.09. The summed E-state index contributed by atoms with van der Waals surface area (Å²) in [5.74, 6) is -0.788. The smallest absolute Gasteiger partial charge is 0.338 e. The normalized spacial score (nSPS) is 10.6. The molecule has 1 aromatic carbocycles. The fourth-order valence-corrected chi connectivity index (χ4v) is 2.87. The first-order valence-electron chi connectivity index (χ1n) is 10.2. The zero-order valence-corrected chi connectivity index (χ0v) is 17.3. The lowest BCUT2D eigenvalue weighted by Crippen LogP contribution is -2.12. The van der Waals surface area contributed by atoms with Gasteiger partial charge in [-0.05, 0) is 30.7 Å². The third-order valence-electron chi connectivity index (χ3n) is 4.38. The first kappa shape index (κ1) is 23.5. The van der Waals surface area contributed by atoms with Crippen LogP contribution < -0.4 is 0 Å². The summed E-state index contributed by atoms with van der Waals surface area (Å²) in [5, 5.41) is 0.558. The Bertz CT molecular complexity index is 528. The van der Waals surface area contributed by atoms with Crippen LogP contribution in [0.4, 0.5) is 0 Å². The van der Waals surface area contributed by atoms with Gasteiger partial charge in [0.1, 0.15) is 6.61 Å². The Labute approximate surface area is 168 Å². The van der Waals surface area contributed by atoms with Crippen molar-refractivity contribution in [2.45, 2.75) is 77.6 Å². The van der Waals surface area contributed by atoms with Crippen LogP contribution in [-0.4, -0.2) is 25.2 Å². The molecule has 0 aliphatic heterocycles. The van der Waals surface area contributed by atoms with E-state index in [1.807, 2.05) is 0 Å². The first-order chi connectivity index (χ1) is 13.1. The van der Waals surface area contributed by atoms with Crippen LogP contribution in [-0.2, 0) is 14.3 Å². The number of hydrogen-bond acceptors (Lipinski definition) is 4. The molecule has 0 N–H and O–H groups in total. The Morgan fingerprint density at radius 1 is 0.778 bits per heavy atom. The zero-order valence-electron chi connectivity index (χ0n) is 16.5. The fraction of sp³-hybridized carbons (Fsp3) is 0.636. The molecule has 0 saturated heterocycles. The molecular weight excluding hydrogens is 364 g/mol. The predicted octanol–water partition coefficient (Wildman–Crippen LogP) is 6.35. The number of ether oxygens (including phenoxy) is 2. The van der Waals surface area contributed by atoms with Crippen LogP contribution in [0, 0.1) is 0 Å². The minimum absolute atomic E-state index is 0.0261. The number of carbonyl (C=O) groups excluding carboxylic acids is 2. The van der Waals surface area contributed by atoms with Gasteiger partial charge in [-0.3, -0.25) is 4.79 Å². The van der Waals surface area contributed by atoms with Crippen LogP contribution in [0.3, 0.4) is 0 Å². The molecule has 0 aliphatic carbocycles. The largest absolute Gasteiger partial charge is 0.466 e. The Morgan fingerprint density at radius 2 is 1.33 bits per heavy atom. The molecule has 1 rings (SSSR count). The van der Waals surface area contributed by atoms with E-state index in [4.69, 9.17) is 21.1 Å². The minimum atomic E-state index is -0.464. The maximum atomic E-state index is 11.8. The summed E-state index contributed by atoms with van der Waals surface area (Å²) < 4.78 is 10.2. The third-order valence-corrected chi connectivity index (χ3v) is 4.63. The second kappa shape index (κ2) is 15.5. The molecule has 0 saturated carbocycles. The highest BCUT2D eigenvalue weighted by Crippen LogP contribution is 2.11. The van der Waals surface area contributed by atoms with Crippen LogP contribution in [0.25, 0.3) is 0 Å². The third kappa shape index (κ3) is 12.5. The summed E-state index contributed by atoms with van der Waals surface area (Å²) in [6.07, 6.45) is 12.5. The van der Waals surface area contributed by atoms with E-state index in [0.29, 0.717) is 17.2 Å². The summed E-state index contributed by atoms with van der Waals surface area (Å²) >= 11 is 5.77.